The summed E-state index contributed by atoms with van der Waals surface area (Å²) in [6.45, 7) is 0. The number of aromatic nitrogens is 2. The highest BCUT2D eigenvalue weighted by Gasteiger charge is 2.43. The van der Waals surface area contributed by atoms with Crippen molar-refractivity contribution in [2.75, 3.05) is 0 Å². The Morgan fingerprint density at radius 2 is 1.35 bits per heavy atom. The van der Waals surface area contributed by atoms with Crippen molar-refractivity contribution < 1.29 is 19.8 Å². The molecule has 0 spiro atoms. The predicted molar refractivity (Wildman–Crippen MR) is 139 cm³/mol. The Morgan fingerprint density at radius 3 is 1.86 bits per heavy atom. The normalized spacial score (nSPS) is 12.8. The van der Waals surface area contributed by atoms with Crippen molar-refractivity contribution in [3.05, 3.63) is 132 Å². The van der Waals surface area contributed by atoms with Gasteiger partial charge >= 0.3 is 6.09 Å². The monoisotopic (exact) mass is 496 g/mol. The minimum absolute atomic E-state index is 0.238. The Bertz CT molecular complexity index is 1250. The van der Waals surface area contributed by atoms with Gasteiger partial charge in [-0.1, -0.05) is 72.8 Å². The van der Waals surface area contributed by atoms with E-state index in [1.54, 1.807) is 48.8 Å². The van der Waals surface area contributed by atoms with Crippen molar-refractivity contribution in [1.82, 2.24) is 20.6 Å². The van der Waals surface area contributed by atoms with Crippen LogP contribution in [-0.2, 0) is 16.8 Å². The van der Waals surface area contributed by atoms with Crippen molar-refractivity contribution in [3.8, 4) is 0 Å². The van der Waals surface area contributed by atoms with E-state index in [1.165, 1.54) is 12.4 Å². The lowest BCUT2D eigenvalue weighted by molar-refractivity contribution is -0.126. The molecule has 2 atom stereocenters. The van der Waals surface area contributed by atoms with Gasteiger partial charge in [0.05, 0.1) is 6.04 Å². The fourth-order valence-electron chi connectivity index (χ4n) is 4.37. The number of nitrogens with one attached hydrogen (secondary N) is 2. The number of aliphatic hydroxyl groups is 1. The second-order valence-corrected chi connectivity index (χ2v) is 8.63. The van der Waals surface area contributed by atoms with Crippen LogP contribution in [0.4, 0.5) is 4.79 Å². The molecule has 4 aromatic rings. The molecule has 2 amide bonds. The smallest absolute Gasteiger partial charge is 0.405 e. The molecule has 188 valence electrons. The van der Waals surface area contributed by atoms with Gasteiger partial charge in [-0.15, -0.1) is 0 Å². The Labute approximate surface area is 215 Å². The number of carboxylic acid groups (broad SMARTS) is 1. The quantitative estimate of drug-likeness (QED) is 0.264. The summed E-state index contributed by atoms with van der Waals surface area (Å²) in [5.74, 6) is -0.557. The molecule has 0 saturated carbocycles. The molecule has 2 aromatic carbocycles. The summed E-state index contributed by atoms with van der Waals surface area (Å²) in [6, 6.07) is 23.4. The lowest BCUT2D eigenvalue weighted by Gasteiger charge is -2.38. The van der Waals surface area contributed by atoms with E-state index in [4.69, 9.17) is 0 Å². The van der Waals surface area contributed by atoms with Crippen LogP contribution in [0.5, 0.6) is 0 Å². The maximum Gasteiger partial charge on any atom is 0.405 e. The van der Waals surface area contributed by atoms with E-state index in [0.717, 1.165) is 5.56 Å². The molecule has 4 rings (SSSR count). The summed E-state index contributed by atoms with van der Waals surface area (Å²) in [4.78, 5) is 33.5. The van der Waals surface area contributed by atoms with Gasteiger partial charge in [-0.05, 0) is 36.1 Å². The van der Waals surface area contributed by atoms with Crippen LogP contribution in [0.2, 0.25) is 0 Å². The van der Waals surface area contributed by atoms with Crippen molar-refractivity contribution in [3.63, 3.8) is 0 Å². The second kappa shape index (κ2) is 11.9. The van der Waals surface area contributed by atoms with E-state index in [-0.39, 0.29) is 6.42 Å². The Hall–Kier alpha value is -4.56. The van der Waals surface area contributed by atoms with Gasteiger partial charge in [0, 0.05) is 35.9 Å². The molecule has 0 fully saturated rings. The lowest BCUT2D eigenvalue weighted by Crippen LogP contribution is -2.52. The molecular weight excluding hydrogens is 468 g/mol. The SMILES string of the molecule is O=C(O)N[C@@H](CCc1ccccc1)C(=O)N[C@H](c1ccccc1)C(O)(c1cccnc1)c1cccnc1. The predicted octanol–water partition coefficient (Wildman–Crippen LogP) is 3.84. The van der Waals surface area contributed by atoms with Crippen LogP contribution in [0.1, 0.15) is 34.7 Å². The molecule has 0 aliphatic heterocycles. The zero-order chi connectivity index (χ0) is 26.1. The van der Waals surface area contributed by atoms with E-state index in [9.17, 15) is 19.8 Å². The summed E-state index contributed by atoms with van der Waals surface area (Å²) >= 11 is 0. The van der Waals surface area contributed by atoms with Crippen LogP contribution in [0, 0.1) is 0 Å². The fourth-order valence-corrected chi connectivity index (χ4v) is 4.37. The van der Waals surface area contributed by atoms with Crippen molar-refractivity contribution in [1.29, 1.82) is 0 Å². The summed E-state index contributed by atoms with van der Waals surface area (Å²) < 4.78 is 0. The Kier molecular flexibility index (Phi) is 8.22. The maximum absolute atomic E-state index is 13.6. The number of carbonyl (C=O) groups is 2. The maximum atomic E-state index is 13.6. The molecule has 2 heterocycles. The molecule has 2 aromatic heterocycles. The number of hydrogen-bond donors (Lipinski definition) is 4. The Balaban J connectivity index is 1.73. The number of benzene rings is 2. The first kappa shape index (κ1) is 25.5. The molecule has 0 unspecified atom stereocenters. The van der Waals surface area contributed by atoms with Crippen LogP contribution in [0.15, 0.2) is 110 Å². The zero-order valence-corrected chi connectivity index (χ0v) is 20.1. The third-order valence-electron chi connectivity index (χ3n) is 6.22. The number of pyridine rings is 2. The molecule has 0 aliphatic carbocycles. The molecule has 0 bridgehead atoms. The minimum Gasteiger partial charge on any atom is -0.465 e. The van der Waals surface area contributed by atoms with Gasteiger partial charge in [-0.25, -0.2) is 4.79 Å². The molecule has 0 radical (unpaired) electrons. The number of carbonyl (C=O) groups excluding carboxylic acids is 1. The van der Waals surface area contributed by atoms with E-state index in [1.807, 2.05) is 48.5 Å². The molecule has 0 saturated heterocycles. The average Bonchev–Trinajstić information content (AvgIpc) is 2.95. The van der Waals surface area contributed by atoms with Gasteiger partial charge in [-0.3, -0.25) is 14.8 Å². The standard InChI is InChI=1S/C29H28N4O4/c34-27(25(32-28(35)36)16-15-21-9-3-1-4-10-21)33-26(22-11-5-2-6-12-22)29(37,23-13-7-17-30-19-23)24-14-8-18-31-20-24/h1-14,17-20,25-26,32,37H,15-16H2,(H,33,34)(H,35,36)/t25-,26+/m0/s1. The van der Waals surface area contributed by atoms with Gasteiger partial charge in [0.2, 0.25) is 5.91 Å². The minimum atomic E-state index is -1.76. The number of hydrogen-bond acceptors (Lipinski definition) is 5. The number of amides is 2. The van der Waals surface area contributed by atoms with E-state index in [2.05, 4.69) is 20.6 Å². The van der Waals surface area contributed by atoms with Gasteiger partial charge in [0.25, 0.3) is 0 Å². The first-order valence-corrected chi connectivity index (χ1v) is 11.9. The van der Waals surface area contributed by atoms with Crippen molar-refractivity contribution in [2.45, 2.75) is 30.5 Å². The summed E-state index contributed by atoms with van der Waals surface area (Å²) in [5, 5.41) is 27.1. The molecule has 8 heteroatoms. The van der Waals surface area contributed by atoms with Gasteiger partial charge < -0.3 is 20.8 Å². The number of rotatable bonds is 10. The van der Waals surface area contributed by atoms with Crippen LogP contribution < -0.4 is 10.6 Å². The molecule has 8 nitrogen and oxygen atoms in total. The topological polar surface area (TPSA) is 124 Å². The second-order valence-electron chi connectivity index (χ2n) is 8.63. The van der Waals surface area contributed by atoms with Crippen LogP contribution in [0.25, 0.3) is 0 Å². The first-order valence-electron chi connectivity index (χ1n) is 11.9. The number of nitrogens with zero attached hydrogens (tertiary/aromatic N) is 2. The molecular formula is C29H28N4O4. The highest BCUT2D eigenvalue weighted by Crippen LogP contribution is 2.40. The Morgan fingerprint density at radius 1 is 0.784 bits per heavy atom. The lowest BCUT2D eigenvalue weighted by atomic mass is 9.78. The number of aryl methyl sites for hydroxylation is 1. The van der Waals surface area contributed by atoms with Gasteiger partial charge in [0.15, 0.2) is 0 Å². The first-order chi connectivity index (χ1) is 18.0. The largest absolute Gasteiger partial charge is 0.465 e. The van der Waals surface area contributed by atoms with Gasteiger partial charge in [0.1, 0.15) is 11.6 Å². The third-order valence-corrected chi connectivity index (χ3v) is 6.22. The third kappa shape index (κ3) is 6.17. The fraction of sp³-hybridized carbons (Fsp3) is 0.172. The van der Waals surface area contributed by atoms with Crippen molar-refractivity contribution >= 4 is 12.0 Å². The molecule has 37 heavy (non-hydrogen) atoms. The average molecular weight is 497 g/mol. The summed E-state index contributed by atoms with van der Waals surface area (Å²) in [5.41, 5.74) is 0.748. The van der Waals surface area contributed by atoms with Crippen LogP contribution in [0.3, 0.4) is 0 Å². The highest BCUT2D eigenvalue weighted by molar-refractivity contribution is 5.85. The zero-order valence-electron chi connectivity index (χ0n) is 20.1. The van der Waals surface area contributed by atoms with E-state index >= 15 is 0 Å². The molecule has 4 N–H and O–H groups in total. The van der Waals surface area contributed by atoms with E-state index in [0.29, 0.717) is 23.1 Å². The summed E-state index contributed by atoms with van der Waals surface area (Å²) in [6.07, 6.45) is 5.69. The molecule has 0 aliphatic rings. The highest BCUT2D eigenvalue weighted by atomic mass is 16.4. The van der Waals surface area contributed by atoms with E-state index < -0.39 is 29.7 Å². The van der Waals surface area contributed by atoms with Gasteiger partial charge in [-0.2, -0.15) is 0 Å². The van der Waals surface area contributed by atoms with Crippen LogP contribution >= 0.6 is 0 Å². The van der Waals surface area contributed by atoms with Crippen molar-refractivity contribution in [2.24, 2.45) is 0 Å². The van der Waals surface area contributed by atoms with Crippen LogP contribution in [-0.4, -0.2) is 38.2 Å². The summed E-state index contributed by atoms with van der Waals surface area (Å²) in [7, 11) is 0.